The van der Waals surface area contributed by atoms with Crippen LogP contribution < -0.4 is 10.6 Å². The highest BCUT2D eigenvalue weighted by Gasteiger charge is 2.16. The molecule has 0 saturated carbocycles. The lowest BCUT2D eigenvalue weighted by Crippen LogP contribution is -2.46. The molecular formula is C12H18N4O. The Kier molecular flexibility index (Phi) is 3.58. The van der Waals surface area contributed by atoms with E-state index in [9.17, 15) is 4.79 Å². The number of rotatable bonds is 3. The van der Waals surface area contributed by atoms with E-state index in [1.807, 2.05) is 6.20 Å². The number of pyridine rings is 1. The quantitative estimate of drug-likeness (QED) is 0.755. The van der Waals surface area contributed by atoms with Gasteiger partial charge in [0.05, 0.1) is 0 Å². The smallest absolute Gasteiger partial charge is 0.209 e. The fourth-order valence-corrected chi connectivity index (χ4v) is 2.01. The van der Waals surface area contributed by atoms with Gasteiger partial charge in [-0.3, -0.25) is 4.79 Å². The van der Waals surface area contributed by atoms with E-state index in [4.69, 9.17) is 5.73 Å². The molecule has 1 amide bonds. The van der Waals surface area contributed by atoms with Gasteiger partial charge in [0.2, 0.25) is 6.41 Å². The maximum absolute atomic E-state index is 10.6. The molecule has 0 radical (unpaired) electrons. The van der Waals surface area contributed by atoms with Crippen molar-refractivity contribution in [1.82, 2.24) is 9.88 Å². The molecule has 1 saturated heterocycles. The fourth-order valence-electron chi connectivity index (χ4n) is 2.01. The van der Waals surface area contributed by atoms with Crippen LogP contribution in [0.15, 0.2) is 12.3 Å². The summed E-state index contributed by atoms with van der Waals surface area (Å²) in [5.41, 5.74) is 7.88. The van der Waals surface area contributed by atoms with E-state index in [0.29, 0.717) is 6.54 Å². The van der Waals surface area contributed by atoms with Gasteiger partial charge in [-0.25, -0.2) is 4.98 Å². The fraction of sp³-hybridized carbons (Fsp3) is 0.500. The molecule has 0 aromatic carbocycles. The number of anilines is 1. The van der Waals surface area contributed by atoms with Gasteiger partial charge in [-0.15, -0.1) is 0 Å². The first-order valence-corrected chi connectivity index (χ1v) is 5.84. The van der Waals surface area contributed by atoms with E-state index in [1.54, 1.807) is 4.90 Å². The SMILES string of the molecule is Cc1cc(N2CCN(C=O)CC2)ncc1CN. The maximum atomic E-state index is 10.6. The lowest BCUT2D eigenvalue weighted by atomic mass is 10.1. The maximum Gasteiger partial charge on any atom is 0.209 e. The number of piperazine rings is 1. The van der Waals surface area contributed by atoms with Crippen LogP contribution in [0, 0.1) is 6.92 Å². The van der Waals surface area contributed by atoms with Crippen LogP contribution in [0.1, 0.15) is 11.1 Å². The van der Waals surface area contributed by atoms with Crippen molar-refractivity contribution in [1.29, 1.82) is 0 Å². The standard InChI is InChI=1S/C12H18N4O/c1-10-6-12(14-8-11(10)7-13)16-4-2-15(9-17)3-5-16/h6,8-9H,2-5,7,13H2,1H3. The monoisotopic (exact) mass is 234 g/mol. The molecule has 1 aromatic rings. The molecule has 1 fully saturated rings. The van der Waals surface area contributed by atoms with Crippen molar-refractivity contribution in [3.05, 3.63) is 23.4 Å². The average Bonchev–Trinajstić information content (AvgIpc) is 2.39. The Labute approximate surface area is 101 Å². The number of hydrogen-bond acceptors (Lipinski definition) is 4. The van der Waals surface area contributed by atoms with Gasteiger partial charge in [0.25, 0.3) is 0 Å². The first kappa shape index (κ1) is 11.9. The second kappa shape index (κ2) is 5.14. The molecule has 0 aliphatic carbocycles. The van der Waals surface area contributed by atoms with Crippen molar-refractivity contribution >= 4 is 12.2 Å². The molecule has 1 aliphatic rings. The average molecular weight is 234 g/mol. The van der Waals surface area contributed by atoms with Crippen LogP contribution in [0.5, 0.6) is 0 Å². The Balaban J connectivity index is 2.08. The van der Waals surface area contributed by atoms with Crippen molar-refractivity contribution in [2.75, 3.05) is 31.1 Å². The second-order valence-electron chi connectivity index (χ2n) is 4.30. The van der Waals surface area contributed by atoms with E-state index >= 15 is 0 Å². The van der Waals surface area contributed by atoms with Crippen molar-refractivity contribution in [2.24, 2.45) is 5.73 Å². The third-order valence-corrected chi connectivity index (χ3v) is 3.21. The van der Waals surface area contributed by atoms with Gasteiger partial charge >= 0.3 is 0 Å². The number of aryl methyl sites for hydroxylation is 1. The van der Waals surface area contributed by atoms with Crippen LogP contribution in [0.4, 0.5) is 5.82 Å². The predicted octanol–water partition coefficient (Wildman–Crippen LogP) is 0.127. The van der Waals surface area contributed by atoms with Crippen LogP contribution in [0.2, 0.25) is 0 Å². The van der Waals surface area contributed by atoms with Crippen molar-refractivity contribution in [2.45, 2.75) is 13.5 Å². The Hall–Kier alpha value is -1.62. The third-order valence-electron chi connectivity index (χ3n) is 3.21. The summed E-state index contributed by atoms with van der Waals surface area (Å²) < 4.78 is 0. The summed E-state index contributed by atoms with van der Waals surface area (Å²) >= 11 is 0. The predicted molar refractivity (Wildman–Crippen MR) is 66.7 cm³/mol. The lowest BCUT2D eigenvalue weighted by Gasteiger charge is -2.33. The summed E-state index contributed by atoms with van der Waals surface area (Å²) in [6, 6.07) is 2.07. The van der Waals surface area contributed by atoms with E-state index in [2.05, 4.69) is 22.9 Å². The minimum Gasteiger partial charge on any atom is -0.353 e. The van der Waals surface area contributed by atoms with Gasteiger partial charge in [-0.2, -0.15) is 0 Å². The molecule has 0 atom stereocenters. The minimum atomic E-state index is 0.526. The van der Waals surface area contributed by atoms with Crippen LogP contribution in [-0.4, -0.2) is 42.5 Å². The largest absolute Gasteiger partial charge is 0.353 e. The van der Waals surface area contributed by atoms with Gasteiger partial charge in [0.15, 0.2) is 0 Å². The van der Waals surface area contributed by atoms with Gasteiger partial charge in [-0.05, 0) is 24.1 Å². The first-order chi connectivity index (χ1) is 8.24. The second-order valence-corrected chi connectivity index (χ2v) is 4.30. The van der Waals surface area contributed by atoms with E-state index < -0.39 is 0 Å². The molecule has 0 bridgehead atoms. The summed E-state index contributed by atoms with van der Waals surface area (Å²) in [6.45, 7) is 5.79. The normalized spacial score (nSPS) is 16.1. The zero-order valence-corrected chi connectivity index (χ0v) is 10.1. The van der Waals surface area contributed by atoms with Gasteiger partial charge in [0.1, 0.15) is 5.82 Å². The molecule has 1 aliphatic heterocycles. The molecule has 17 heavy (non-hydrogen) atoms. The molecular weight excluding hydrogens is 216 g/mol. The van der Waals surface area contributed by atoms with Crippen molar-refractivity contribution < 1.29 is 4.79 Å². The van der Waals surface area contributed by atoms with Gasteiger partial charge < -0.3 is 15.5 Å². The summed E-state index contributed by atoms with van der Waals surface area (Å²) in [4.78, 5) is 19.0. The summed E-state index contributed by atoms with van der Waals surface area (Å²) in [6.07, 6.45) is 2.75. The summed E-state index contributed by atoms with van der Waals surface area (Å²) in [7, 11) is 0. The van der Waals surface area contributed by atoms with Crippen LogP contribution in [-0.2, 0) is 11.3 Å². The molecule has 92 valence electrons. The zero-order valence-electron chi connectivity index (χ0n) is 10.1. The molecule has 2 N–H and O–H groups in total. The van der Waals surface area contributed by atoms with E-state index in [-0.39, 0.29) is 0 Å². The Morgan fingerprint density at radius 2 is 2.12 bits per heavy atom. The molecule has 2 heterocycles. The lowest BCUT2D eigenvalue weighted by molar-refractivity contribution is -0.118. The number of carbonyl (C=O) groups excluding carboxylic acids is 1. The van der Waals surface area contributed by atoms with E-state index in [0.717, 1.165) is 44.0 Å². The minimum absolute atomic E-state index is 0.526. The van der Waals surface area contributed by atoms with Gasteiger partial charge in [0, 0.05) is 38.9 Å². The Morgan fingerprint density at radius 1 is 1.41 bits per heavy atom. The van der Waals surface area contributed by atoms with Gasteiger partial charge in [-0.1, -0.05) is 0 Å². The number of nitrogens with two attached hydrogens (primary N) is 1. The van der Waals surface area contributed by atoms with Crippen molar-refractivity contribution in [3.63, 3.8) is 0 Å². The number of hydrogen-bond donors (Lipinski definition) is 1. The van der Waals surface area contributed by atoms with E-state index in [1.165, 1.54) is 5.56 Å². The number of amides is 1. The number of carbonyl (C=O) groups is 1. The van der Waals surface area contributed by atoms with Crippen LogP contribution in [0.3, 0.4) is 0 Å². The molecule has 1 aromatic heterocycles. The molecule has 0 spiro atoms. The highest BCUT2D eigenvalue weighted by molar-refractivity contribution is 5.49. The number of nitrogens with zero attached hydrogens (tertiary/aromatic N) is 3. The zero-order chi connectivity index (χ0) is 12.3. The third kappa shape index (κ3) is 2.55. The Bertz CT molecular complexity index is 399. The van der Waals surface area contributed by atoms with Crippen LogP contribution in [0.25, 0.3) is 0 Å². The molecule has 5 nitrogen and oxygen atoms in total. The highest BCUT2D eigenvalue weighted by Crippen LogP contribution is 2.16. The topological polar surface area (TPSA) is 62.5 Å². The molecule has 5 heteroatoms. The molecule has 2 rings (SSSR count). The number of aromatic nitrogens is 1. The Morgan fingerprint density at radius 3 is 2.65 bits per heavy atom. The summed E-state index contributed by atoms with van der Waals surface area (Å²) in [5.74, 6) is 0.977. The van der Waals surface area contributed by atoms with Crippen molar-refractivity contribution in [3.8, 4) is 0 Å². The molecule has 0 unspecified atom stereocenters. The first-order valence-electron chi connectivity index (χ1n) is 5.84. The summed E-state index contributed by atoms with van der Waals surface area (Å²) in [5, 5.41) is 0. The van der Waals surface area contributed by atoms with Crippen LogP contribution >= 0.6 is 0 Å². The highest BCUT2D eigenvalue weighted by atomic mass is 16.1.